The average molecular weight is 322 g/mol. The first-order chi connectivity index (χ1) is 10.7. The Morgan fingerprint density at radius 1 is 1.09 bits per heavy atom. The number of hydrogen-bond donors (Lipinski definition) is 2. The molecule has 0 amide bonds. The lowest BCUT2D eigenvalue weighted by Crippen LogP contribution is -2.20. The summed E-state index contributed by atoms with van der Waals surface area (Å²) in [4.78, 5) is 0. The first-order valence-corrected chi connectivity index (χ1v) is 7.43. The first kappa shape index (κ1) is 14.8. The van der Waals surface area contributed by atoms with Gasteiger partial charge in [0, 0.05) is 18.3 Å². The van der Waals surface area contributed by atoms with Gasteiger partial charge in [0.1, 0.15) is 11.5 Å². The van der Waals surface area contributed by atoms with Gasteiger partial charge in [-0.25, -0.2) is 0 Å². The van der Waals surface area contributed by atoms with Gasteiger partial charge in [-0.1, -0.05) is 0 Å². The summed E-state index contributed by atoms with van der Waals surface area (Å²) in [6.45, 7) is 0.652. The Morgan fingerprint density at radius 3 is 2.59 bits per heavy atom. The molecule has 0 saturated heterocycles. The molecule has 0 aliphatic carbocycles. The molecule has 0 bridgehead atoms. The standard InChI is InChI=1S/C16H16ClNO4/c17-8-12(19)9-18-11-1-3-13(4-2-11)22-14-5-6-15-16(7-14)21-10-20-15/h1-7,12,18-19H,8-10H2. The van der Waals surface area contributed by atoms with Crippen molar-refractivity contribution in [3.8, 4) is 23.0 Å². The molecule has 3 rings (SSSR count). The molecule has 1 unspecified atom stereocenters. The minimum atomic E-state index is -0.564. The predicted octanol–water partition coefficient (Wildman–Crippen LogP) is 3.22. The SMILES string of the molecule is OC(CCl)CNc1ccc(Oc2ccc3c(c2)OCO3)cc1. The summed E-state index contributed by atoms with van der Waals surface area (Å²) < 4.78 is 16.3. The number of hydrogen-bond acceptors (Lipinski definition) is 5. The molecule has 1 aliphatic rings. The fourth-order valence-corrected chi connectivity index (χ4v) is 2.12. The van der Waals surface area contributed by atoms with Crippen molar-refractivity contribution in [3.05, 3.63) is 42.5 Å². The normalized spacial score (nSPS) is 13.7. The highest BCUT2D eigenvalue weighted by Gasteiger charge is 2.13. The second-order valence-electron chi connectivity index (χ2n) is 4.83. The molecule has 1 heterocycles. The van der Waals surface area contributed by atoms with Crippen LogP contribution in [0.15, 0.2) is 42.5 Å². The van der Waals surface area contributed by atoms with E-state index in [2.05, 4.69) is 5.32 Å². The summed E-state index contributed by atoms with van der Waals surface area (Å²) in [7, 11) is 0. The van der Waals surface area contributed by atoms with Crippen LogP contribution in [0.5, 0.6) is 23.0 Å². The fraction of sp³-hybridized carbons (Fsp3) is 0.250. The topological polar surface area (TPSA) is 60.0 Å². The van der Waals surface area contributed by atoms with Crippen LogP contribution in [0.4, 0.5) is 5.69 Å². The van der Waals surface area contributed by atoms with E-state index in [-0.39, 0.29) is 12.7 Å². The van der Waals surface area contributed by atoms with E-state index >= 15 is 0 Å². The first-order valence-electron chi connectivity index (χ1n) is 6.90. The van der Waals surface area contributed by atoms with E-state index in [0.717, 1.165) is 11.4 Å². The smallest absolute Gasteiger partial charge is 0.231 e. The summed E-state index contributed by atoms with van der Waals surface area (Å²) >= 11 is 5.54. The van der Waals surface area contributed by atoms with Crippen LogP contribution in [0.3, 0.4) is 0 Å². The molecule has 2 N–H and O–H groups in total. The van der Waals surface area contributed by atoms with Gasteiger partial charge in [-0.15, -0.1) is 11.6 Å². The molecule has 6 heteroatoms. The van der Waals surface area contributed by atoms with Crippen molar-refractivity contribution < 1.29 is 19.3 Å². The number of aliphatic hydroxyl groups is 1. The fourth-order valence-electron chi connectivity index (χ4n) is 2.01. The van der Waals surface area contributed by atoms with E-state index in [1.54, 1.807) is 6.07 Å². The number of benzene rings is 2. The Balaban J connectivity index is 1.61. The van der Waals surface area contributed by atoms with Gasteiger partial charge in [-0.2, -0.15) is 0 Å². The maximum atomic E-state index is 9.40. The van der Waals surface area contributed by atoms with Crippen LogP contribution in [0.2, 0.25) is 0 Å². The second kappa shape index (κ2) is 6.77. The molecule has 0 saturated carbocycles. The summed E-state index contributed by atoms with van der Waals surface area (Å²) in [6.07, 6.45) is -0.564. The molecule has 2 aromatic carbocycles. The lowest BCUT2D eigenvalue weighted by Gasteiger charge is -2.11. The van der Waals surface area contributed by atoms with E-state index in [1.807, 2.05) is 36.4 Å². The van der Waals surface area contributed by atoms with Crippen LogP contribution in [0, 0.1) is 0 Å². The van der Waals surface area contributed by atoms with Crippen molar-refractivity contribution in [2.45, 2.75) is 6.10 Å². The zero-order valence-corrected chi connectivity index (χ0v) is 12.5. The lowest BCUT2D eigenvalue weighted by atomic mass is 10.2. The van der Waals surface area contributed by atoms with Gasteiger partial charge in [-0.3, -0.25) is 0 Å². The highest BCUT2D eigenvalue weighted by molar-refractivity contribution is 6.18. The van der Waals surface area contributed by atoms with Gasteiger partial charge in [0.05, 0.1) is 12.0 Å². The number of halogens is 1. The molecule has 2 aromatic rings. The van der Waals surface area contributed by atoms with E-state index in [0.29, 0.717) is 23.8 Å². The lowest BCUT2D eigenvalue weighted by molar-refractivity contribution is 0.174. The Bertz CT molecular complexity index is 633. The van der Waals surface area contributed by atoms with Crippen LogP contribution in [0.1, 0.15) is 0 Å². The summed E-state index contributed by atoms with van der Waals surface area (Å²) in [6, 6.07) is 12.9. The largest absolute Gasteiger partial charge is 0.457 e. The quantitative estimate of drug-likeness (QED) is 0.800. The summed E-state index contributed by atoms with van der Waals surface area (Å²) in [5, 5.41) is 12.5. The number of ether oxygens (including phenoxy) is 3. The predicted molar refractivity (Wildman–Crippen MR) is 84.3 cm³/mol. The summed E-state index contributed by atoms with van der Waals surface area (Å²) in [5.74, 6) is 3.01. The molecule has 0 spiro atoms. The van der Waals surface area contributed by atoms with Crippen LogP contribution in [-0.2, 0) is 0 Å². The van der Waals surface area contributed by atoms with Crippen molar-refractivity contribution in [2.75, 3.05) is 24.5 Å². The van der Waals surface area contributed by atoms with E-state index in [4.69, 9.17) is 25.8 Å². The van der Waals surface area contributed by atoms with Crippen molar-refractivity contribution in [1.82, 2.24) is 0 Å². The maximum absolute atomic E-state index is 9.40. The zero-order chi connectivity index (χ0) is 15.4. The Labute approximate surface area is 133 Å². The molecule has 22 heavy (non-hydrogen) atoms. The van der Waals surface area contributed by atoms with E-state index in [9.17, 15) is 5.11 Å². The minimum Gasteiger partial charge on any atom is -0.457 e. The van der Waals surface area contributed by atoms with E-state index < -0.39 is 6.10 Å². The molecule has 5 nitrogen and oxygen atoms in total. The van der Waals surface area contributed by atoms with Crippen LogP contribution < -0.4 is 19.5 Å². The van der Waals surface area contributed by atoms with Gasteiger partial charge in [-0.05, 0) is 36.4 Å². The average Bonchev–Trinajstić information content (AvgIpc) is 3.01. The van der Waals surface area contributed by atoms with Gasteiger partial charge in [0.15, 0.2) is 11.5 Å². The van der Waals surface area contributed by atoms with Crippen LogP contribution in [-0.4, -0.2) is 30.4 Å². The Kier molecular flexibility index (Phi) is 4.56. The van der Waals surface area contributed by atoms with Crippen molar-refractivity contribution >= 4 is 17.3 Å². The molecule has 0 radical (unpaired) electrons. The maximum Gasteiger partial charge on any atom is 0.231 e. The highest BCUT2D eigenvalue weighted by atomic mass is 35.5. The molecule has 0 aromatic heterocycles. The third-order valence-electron chi connectivity index (χ3n) is 3.15. The number of aliphatic hydroxyl groups excluding tert-OH is 1. The number of rotatable bonds is 6. The summed E-state index contributed by atoms with van der Waals surface area (Å²) in [5.41, 5.74) is 0.891. The van der Waals surface area contributed by atoms with Gasteiger partial charge < -0.3 is 24.6 Å². The highest BCUT2D eigenvalue weighted by Crippen LogP contribution is 2.36. The second-order valence-corrected chi connectivity index (χ2v) is 5.14. The molecular formula is C16H16ClNO4. The number of nitrogens with one attached hydrogen (secondary N) is 1. The van der Waals surface area contributed by atoms with Crippen LogP contribution >= 0.6 is 11.6 Å². The molecule has 0 fully saturated rings. The van der Waals surface area contributed by atoms with Gasteiger partial charge in [0.25, 0.3) is 0 Å². The van der Waals surface area contributed by atoms with Crippen molar-refractivity contribution in [3.63, 3.8) is 0 Å². The number of alkyl halides is 1. The van der Waals surface area contributed by atoms with Crippen molar-refractivity contribution in [2.24, 2.45) is 0 Å². The number of fused-ring (bicyclic) bond motifs is 1. The minimum absolute atomic E-state index is 0.207. The molecule has 1 aliphatic heterocycles. The van der Waals surface area contributed by atoms with Crippen molar-refractivity contribution in [1.29, 1.82) is 0 Å². The van der Waals surface area contributed by atoms with Gasteiger partial charge >= 0.3 is 0 Å². The van der Waals surface area contributed by atoms with Crippen LogP contribution in [0.25, 0.3) is 0 Å². The Morgan fingerprint density at radius 2 is 1.82 bits per heavy atom. The monoisotopic (exact) mass is 321 g/mol. The number of anilines is 1. The molecule has 116 valence electrons. The van der Waals surface area contributed by atoms with E-state index in [1.165, 1.54) is 0 Å². The third kappa shape index (κ3) is 3.55. The third-order valence-corrected chi connectivity index (χ3v) is 3.51. The van der Waals surface area contributed by atoms with Gasteiger partial charge in [0.2, 0.25) is 6.79 Å². The molecular weight excluding hydrogens is 306 g/mol. The zero-order valence-electron chi connectivity index (χ0n) is 11.8. The Hall–Kier alpha value is -2.11. The molecule has 1 atom stereocenters.